The van der Waals surface area contributed by atoms with Gasteiger partial charge in [0.1, 0.15) is 5.75 Å². The first-order chi connectivity index (χ1) is 14.0. The van der Waals surface area contributed by atoms with Crippen molar-refractivity contribution in [1.82, 2.24) is 15.5 Å². The van der Waals surface area contributed by atoms with E-state index in [9.17, 15) is 4.79 Å². The van der Waals surface area contributed by atoms with Crippen molar-refractivity contribution in [3.63, 3.8) is 0 Å². The first kappa shape index (κ1) is 26.4. The van der Waals surface area contributed by atoms with E-state index < -0.39 is 0 Å². The van der Waals surface area contributed by atoms with Crippen LogP contribution >= 0.6 is 47.3 Å². The number of amides is 1. The lowest BCUT2D eigenvalue weighted by atomic mass is 10.2. The first-order valence-corrected chi connectivity index (χ1v) is 10.6. The molecule has 0 heterocycles. The average Bonchev–Trinajstić information content (AvgIpc) is 2.73. The molecule has 6 nitrogen and oxygen atoms in total. The maximum atomic E-state index is 11.9. The Bertz CT molecular complexity index is 822. The van der Waals surface area contributed by atoms with Crippen LogP contribution in [0.4, 0.5) is 0 Å². The Labute approximate surface area is 204 Å². The number of nitrogens with one attached hydrogen (secondary N) is 2. The number of hydrogen-bond acceptors (Lipinski definition) is 4. The molecule has 0 saturated heterocycles. The standard InChI is InChI=1S/C21H27ClN4O2S.HI/c1-26(2)20(27)15-25-21(23-11-12-29-17-7-5-4-6-8-17)24-14-16-9-10-19(28-3)18(22)13-16;/h4-10,13H,11-12,14-15H2,1-3H3,(H2,23,24,25);1H. The Morgan fingerprint density at radius 1 is 1.17 bits per heavy atom. The number of rotatable bonds is 9. The molecule has 0 spiro atoms. The van der Waals surface area contributed by atoms with E-state index in [4.69, 9.17) is 16.3 Å². The van der Waals surface area contributed by atoms with Gasteiger partial charge in [0.2, 0.25) is 5.91 Å². The molecule has 0 bridgehead atoms. The van der Waals surface area contributed by atoms with Gasteiger partial charge in [0.15, 0.2) is 5.96 Å². The molecule has 0 atom stereocenters. The van der Waals surface area contributed by atoms with Gasteiger partial charge in [0.05, 0.1) is 25.2 Å². The van der Waals surface area contributed by atoms with E-state index >= 15 is 0 Å². The molecule has 2 aromatic carbocycles. The number of halogens is 2. The summed E-state index contributed by atoms with van der Waals surface area (Å²) in [5, 5.41) is 6.92. The maximum absolute atomic E-state index is 11.9. The molecular formula is C21H28ClIN4O2S. The van der Waals surface area contributed by atoms with Crippen molar-refractivity contribution in [1.29, 1.82) is 0 Å². The summed E-state index contributed by atoms with van der Waals surface area (Å²) in [5.74, 6) is 2.07. The number of aliphatic imine (C=N–C) groups is 1. The van der Waals surface area contributed by atoms with Crippen molar-refractivity contribution in [2.75, 3.05) is 40.0 Å². The molecule has 1 amide bonds. The number of likely N-dealkylation sites (N-methyl/N-ethyl adjacent to an activating group) is 1. The lowest BCUT2D eigenvalue weighted by Crippen LogP contribution is -2.43. The highest BCUT2D eigenvalue weighted by atomic mass is 127. The summed E-state index contributed by atoms with van der Waals surface area (Å²) in [6, 6.07) is 15.8. The third-order valence-corrected chi connectivity index (χ3v) is 5.26. The molecule has 0 fully saturated rings. The number of guanidine groups is 1. The number of carbonyl (C=O) groups is 1. The molecule has 0 radical (unpaired) electrons. The van der Waals surface area contributed by atoms with Gasteiger partial charge in [-0.2, -0.15) is 0 Å². The molecule has 9 heteroatoms. The average molecular weight is 563 g/mol. The van der Waals surface area contributed by atoms with Crippen LogP contribution in [-0.2, 0) is 11.3 Å². The minimum Gasteiger partial charge on any atom is -0.495 e. The van der Waals surface area contributed by atoms with E-state index in [1.807, 2.05) is 36.4 Å². The Balaban J connectivity index is 0.00000450. The third-order valence-electron chi connectivity index (χ3n) is 3.95. The molecule has 0 aliphatic carbocycles. The fourth-order valence-electron chi connectivity index (χ4n) is 2.33. The van der Waals surface area contributed by atoms with Crippen LogP contribution in [0.15, 0.2) is 58.4 Å². The van der Waals surface area contributed by atoms with E-state index in [2.05, 4.69) is 27.8 Å². The first-order valence-electron chi connectivity index (χ1n) is 9.22. The highest BCUT2D eigenvalue weighted by molar-refractivity contribution is 14.0. The molecule has 0 aliphatic heterocycles. The second kappa shape index (κ2) is 14.4. The summed E-state index contributed by atoms with van der Waals surface area (Å²) in [6.45, 7) is 1.32. The van der Waals surface area contributed by atoms with Crippen molar-refractivity contribution >= 4 is 59.2 Å². The summed E-state index contributed by atoms with van der Waals surface area (Å²) in [7, 11) is 5.04. The smallest absolute Gasteiger partial charge is 0.241 e. The van der Waals surface area contributed by atoms with Gasteiger partial charge in [-0.1, -0.05) is 35.9 Å². The van der Waals surface area contributed by atoms with Crippen molar-refractivity contribution in [3.05, 3.63) is 59.1 Å². The molecule has 0 aliphatic rings. The Hall–Kier alpha value is -1.65. The van der Waals surface area contributed by atoms with Crippen molar-refractivity contribution in [3.8, 4) is 5.75 Å². The Kier molecular flexibility index (Phi) is 12.6. The fourth-order valence-corrected chi connectivity index (χ4v) is 3.40. The zero-order valence-corrected chi connectivity index (χ0v) is 21.3. The van der Waals surface area contributed by atoms with Gasteiger partial charge in [-0.05, 0) is 29.8 Å². The summed E-state index contributed by atoms with van der Waals surface area (Å²) < 4.78 is 5.18. The zero-order chi connectivity index (χ0) is 21.1. The Morgan fingerprint density at radius 2 is 1.90 bits per heavy atom. The zero-order valence-electron chi connectivity index (χ0n) is 17.4. The number of thioether (sulfide) groups is 1. The number of carbonyl (C=O) groups excluding carboxylic acids is 1. The van der Waals surface area contributed by atoms with Crippen LogP contribution in [0.2, 0.25) is 5.02 Å². The van der Waals surface area contributed by atoms with Crippen LogP contribution in [0.3, 0.4) is 0 Å². The van der Waals surface area contributed by atoms with Crippen molar-refractivity contribution in [2.45, 2.75) is 11.4 Å². The lowest BCUT2D eigenvalue weighted by Gasteiger charge is -2.15. The minimum absolute atomic E-state index is 0. The summed E-state index contributed by atoms with van der Waals surface area (Å²) in [6.07, 6.45) is 0. The molecular weight excluding hydrogens is 535 g/mol. The molecule has 0 saturated carbocycles. The Morgan fingerprint density at radius 3 is 2.53 bits per heavy atom. The molecule has 164 valence electrons. The summed E-state index contributed by atoms with van der Waals surface area (Å²) in [4.78, 5) is 19.2. The number of methoxy groups -OCH3 is 1. The van der Waals surface area contributed by atoms with E-state index in [1.165, 1.54) is 4.90 Å². The van der Waals surface area contributed by atoms with E-state index in [-0.39, 0.29) is 36.4 Å². The van der Waals surface area contributed by atoms with Crippen molar-refractivity contribution in [2.24, 2.45) is 4.99 Å². The van der Waals surface area contributed by atoms with Gasteiger partial charge in [-0.25, -0.2) is 4.99 Å². The van der Waals surface area contributed by atoms with Crippen molar-refractivity contribution < 1.29 is 9.53 Å². The summed E-state index contributed by atoms with van der Waals surface area (Å²) in [5.41, 5.74) is 0.953. The van der Waals surface area contributed by atoms with Crippen LogP contribution < -0.4 is 15.4 Å². The molecule has 0 unspecified atom stereocenters. The van der Waals surface area contributed by atoms with Gasteiger partial charge in [0, 0.05) is 31.3 Å². The lowest BCUT2D eigenvalue weighted by molar-refractivity contribution is -0.127. The number of ether oxygens (including phenoxy) is 1. The summed E-state index contributed by atoms with van der Waals surface area (Å²) >= 11 is 7.95. The maximum Gasteiger partial charge on any atom is 0.241 e. The van der Waals surface area contributed by atoms with Crippen LogP contribution in [0.5, 0.6) is 5.75 Å². The van der Waals surface area contributed by atoms with E-state index in [0.29, 0.717) is 29.8 Å². The quantitative estimate of drug-likeness (QED) is 0.160. The van der Waals surface area contributed by atoms with Gasteiger partial charge in [-0.15, -0.1) is 35.7 Å². The second-order valence-corrected chi connectivity index (χ2v) is 7.94. The van der Waals surface area contributed by atoms with E-state index in [1.54, 1.807) is 37.9 Å². The predicted molar refractivity (Wildman–Crippen MR) is 136 cm³/mol. The SMILES string of the molecule is COc1ccc(CN=C(NCCSc2ccccc2)NCC(=O)N(C)C)cc1Cl.I. The minimum atomic E-state index is -0.0225. The van der Waals surface area contributed by atoms with E-state index in [0.717, 1.165) is 11.3 Å². The monoisotopic (exact) mass is 562 g/mol. The molecule has 0 aromatic heterocycles. The van der Waals surface area contributed by atoms with Gasteiger partial charge in [-0.3, -0.25) is 4.79 Å². The van der Waals surface area contributed by atoms with Crippen LogP contribution in [0.25, 0.3) is 0 Å². The normalized spacial score (nSPS) is 10.7. The highest BCUT2D eigenvalue weighted by Crippen LogP contribution is 2.25. The topological polar surface area (TPSA) is 66.0 Å². The van der Waals surface area contributed by atoms with Gasteiger partial charge in [0.25, 0.3) is 0 Å². The van der Waals surface area contributed by atoms with Crippen LogP contribution in [0, 0.1) is 0 Å². The predicted octanol–water partition coefficient (Wildman–Crippen LogP) is 3.88. The van der Waals surface area contributed by atoms with Crippen LogP contribution in [0.1, 0.15) is 5.56 Å². The number of benzene rings is 2. The largest absolute Gasteiger partial charge is 0.495 e. The highest BCUT2D eigenvalue weighted by Gasteiger charge is 2.07. The fraction of sp³-hybridized carbons (Fsp3) is 0.333. The molecule has 30 heavy (non-hydrogen) atoms. The molecule has 2 aromatic rings. The third kappa shape index (κ3) is 9.44. The van der Waals surface area contributed by atoms with Gasteiger partial charge < -0.3 is 20.3 Å². The van der Waals surface area contributed by atoms with Crippen LogP contribution in [-0.4, -0.2) is 56.8 Å². The second-order valence-electron chi connectivity index (χ2n) is 6.36. The number of hydrogen-bond donors (Lipinski definition) is 2. The van der Waals surface area contributed by atoms with Gasteiger partial charge >= 0.3 is 0 Å². The molecule has 2 N–H and O–H groups in total. The molecule has 2 rings (SSSR count). The number of nitrogens with zero attached hydrogens (tertiary/aromatic N) is 2.